The summed E-state index contributed by atoms with van der Waals surface area (Å²) in [4.78, 5) is 25.8. The Morgan fingerprint density at radius 3 is 2.70 bits per heavy atom. The molecule has 0 bridgehead atoms. The summed E-state index contributed by atoms with van der Waals surface area (Å²) in [6, 6.07) is 0. The highest BCUT2D eigenvalue weighted by Crippen LogP contribution is 2.11. The summed E-state index contributed by atoms with van der Waals surface area (Å²) in [5.41, 5.74) is 5.22. The van der Waals surface area contributed by atoms with E-state index in [2.05, 4.69) is 10.3 Å². The second kappa shape index (κ2) is 7.74. The zero-order valence-electron chi connectivity index (χ0n) is 12.4. The van der Waals surface area contributed by atoms with Crippen LogP contribution in [0.15, 0.2) is 9.59 Å². The number of aromatic nitrogens is 2. The molecule has 0 saturated heterocycles. The van der Waals surface area contributed by atoms with Gasteiger partial charge < -0.3 is 15.8 Å². The van der Waals surface area contributed by atoms with Crippen LogP contribution in [0.5, 0.6) is 0 Å². The Bertz CT molecular complexity index is 533. The van der Waals surface area contributed by atoms with Crippen LogP contribution in [0.4, 0.5) is 11.5 Å². The molecular formula is C13H24N4O3. The van der Waals surface area contributed by atoms with Gasteiger partial charge in [0.1, 0.15) is 11.5 Å². The number of H-pyrrole nitrogens is 1. The Morgan fingerprint density at radius 2 is 2.10 bits per heavy atom. The smallest absolute Gasteiger partial charge is 0.330 e. The maximum atomic E-state index is 11.8. The van der Waals surface area contributed by atoms with E-state index < -0.39 is 11.2 Å². The standard InChI is InChI=1S/C13H24N4O3/c1-4-20-7-5-6-15-10-11(14)17(8-9(2)3)13(19)16-12(10)18/h9,15H,4-8,14H2,1-3H3,(H,16,18,19). The van der Waals surface area contributed by atoms with Gasteiger partial charge in [-0.1, -0.05) is 13.8 Å². The Balaban J connectivity index is 2.85. The lowest BCUT2D eigenvalue weighted by atomic mass is 10.2. The quantitative estimate of drug-likeness (QED) is 0.607. The van der Waals surface area contributed by atoms with Crippen LogP contribution >= 0.6 is 0 Å². The fourth-order valence-electron chi connectivity index (χ4n) is 1.84. The first-order valence-electron chi connectivity index (χ1n) is 6.91. The lowest BCUT2D eigenvalue weighted by molar-refractivity contribution is 0.147. The monoisotopic (exact) mass is 284 g/mol. The van der Waals surface area contributed by atoms with Crippen LogP contribution in [-0.4, -0.2) is 29.3 Å². The number of hydrogen-bond donors (Lipinski definition) is 3. The van der Waals surface area contributed by atoms with Gasteiger partial charge in [-0.3, -0.25) is 14.3 Å². The molecule has 0 saturated carbocycles. The van der Waals surface area contributed by atoms with E-state index in [1.54, 1.807) is 0 Å². The fraction of sp³-hybridized carbons (Fsp3) is 0.692. The molecule has 0 aliphatic heterocycles. The van der Waals surface area contributed by atoms with Crippen molar-refractivity contribution < 1.29 is 4.74 Å². The molecule has 4 N–H and O–H groups in total. The fourth-order valence-corrected chi connectivity index (χ4v) is 1.84. The molecule has 20 heavy (non-hydrogen) atoms. The number of nitrogens with two attached hydrogens (primary N) is 1. The molecule has 1 rings (SSSR count). The average Bonchev–Trinajstić information content (AvgIpc) is 2.37. The number of aromatic amines is 1. The van der Waals surface area contributed by atoms with Gasteiger partial charge in [-0.25, -0.2) is 4.79 Å². The highest BCUT2D eigenvalue weighted by Gasteiger charge is 2.12. The second-order valence-electron chi connectivity index (χ2n) is 5.00. The van der Waals surface area contributed by atoms with Crippen molar-refractivity contribution in [1.82, 2.24) is 9.55 Å². The van der Waals surface area contributed by atoms with Gasteiger partial charge in [0.15, 0.2) is 0 Å². The zero-order valence-corrected chi connectivity index (χ0v) is 12.4. The van der Waals surface area contributed by atoms with Crippen molar-refractivity contribution in [3.05, 3.63) is 20.8 Å². The van der Waals surface area contributed by atoms with Gasteiger partial charge in [0.05, 0.1) is 0 Å². The third-order valence-corrected chi connectivity index (χ3v) is 2.76. The first-order chi connectivity index (χ1) is 9.47. The van der Waals surface area contributed by atoms with E-state index in [-0.39, 0.29) is 17.4 Å². The van der Waals surface area contributed by atoms with Gasteiger partial charge in [0.2, 0.25) is 0 Å². The summed E-state index contributed by atoms with van der Waals surface area (Å²) in [5, 5.41) is 2.97. The van der Waals surface area contributed by atoms with Gasteiger partial charge in [-0.15, -0.1) is 0 Å². The van der Waals surface area contributed by atoms with E-state index in [4.69, 9.17) is 10.5 Å². The van der Waals surface area contributed by atoms with Crippen LogP contribution < -0.4 is 22.3 Å². The molecule has 7 heteroatoms. The lowest BCUT2D eigenvalue weighted by Crippen LogP contribution is -2.35. The molecule has 0 aliphatic rings. The molecule has 1 aromatic rings. The third-order valence-electron chi connectivity index (χ3n) is 2.76. The van der Waals surface area contributed by atoms with Crippen molar-refractivity contribution in [2.24, 2.45) is 5.92 Å². The Kier molecular flexibility index (Phi) is 6.30. The number of hydrogen-bond acceptors (Lipinski definition) is 5. The predicted molar refractivity (Wildman–Crippen MR) is 80.2 cm³/mol. The number of rotatable bonds is 8. The van der Waals surface area contributed by atoms with Gasteiger partial charge in [0, 0.05) is 26.3 Å². The van der Waals surface area contributed by atoms with Gasteiger partial charge in [-0.2, -0.15) is 0 Å². The molecule has 7 nitrogen and oxygen atoms in total. The van der Waals surface area contributed by atoms with Crippen LogP contribution in [0, 0.1) is 5.92 Å². The van der Waals surface area contributed by atoms with Gasteiger partial charge in [0.25, 0.3) is 5.56 Å². The summed E-state index contributed by atoms with van der Waals surface area (Å²) in [5.74, 6) is 0.440. The topological polar surface area (TPSA) is 102 Å². The minimum Gasteiger partial charge on any atom is -0.383 e. The number of ether oxygens (including phenoxy) is 1. The average molecular weight is 284 g/mol. The summed E-state index contributed by atoms with van der Waals surface area (Å²) >= 11 is 0. The van der Waals surface area contributed by atoms with Crippen LogP contribution in [0.25, 0.3) is 0 Å². The van der Waals surface area contributed by atoms with Crippen molar-refractivity contribution in [2.45, 2.75) is 33.7 Å². The SMILES string of the molecule is CCOCCCNc1c(N)n(CC(C)C)c(=O)[nH]c1=O. The van der Waals surface area contributed by atoms with Crippen LogP contribution in [0.1, 0.15) is 27.2 Å². The molecule has 0 radical (unpaired) electrons. The Labute approximate surface area is 118 Å². The zero-order chi connectivity index (χ0) is 15.1. The number of nitrogen functional groups attached to an aromatic ring is 1. The Hall–Kier alpha value is -1.76. The van der Waals surface area contributed by atoms with Crippen molar-refractivity contribution in [2.75, 3.05) is 30.8 Å². The minimum atomic E-state index is -0.482. The largest absolute Gasteiger partial charge is 0.383 e. The second-order valence-corrected chi connectivity index (χ2v) is 5.00. The molecule has 0 fully saturated rings. The predicted octanol–water partition coefficient (Wildman–Crippen LogP) is 0.613. The minimum absolute atomic E-state index is 0.184. The Morgan fingerprint density at radius 1 is 1.40 bits per heavy atom. The summed E-state index contributed by atoms with van der Waals surface area (Å²) in [6.45, 7) is 8.20. The highest BCUT2D eigenvalue weighted by molar-refractivity contribution is 5.60. The molecule has 1 heterocycles. The normalized spacial score (nSPS) is 11.0. The summed E-state index contributed by atoms with van der Waals surface area (Å²) < 4.78 is 6.60. The third kappa shape index (κ3) is 4.41. The van der Waals surface area contributed by atoms with E-state index in [1.165, 1.54) is 4.57 Å². The van der Waals surface area contributed by atoms with Crippen molar-refractivity contribution in [1.29, 1.82) is 0 Å². The molecule has 0 atom stereocenters. The highest BCUT2D eigenvalue weighted by atomic mass is 16.5. The molecule has 114 valence electrons. The van der Waals surface area contributed by atoms with E-state index >= 15 is 0 Å². The van der Waals surface area contributed by atoms with Gasteiger partial charge in [-0.05, 0) is 19.3 Å². The number of nitrogens with one attached hydrogen (secondary N) is 2. The maximum absolute atomic E-state index is 11.8. The molecule has 0 aromatic carbocycles. The number of nitrogens with zero attached hydrogens (tertiary/aromatic N) is 1. The van der Waals surface area contributed by atoms with Crippen LogP contribution in [0.2, 0.25) is 0 Å². The van der Waals surface area contributed by atoms with Crippen LogP contribution in [0.3, 0.4) is 0 Å². The van der Waals surface area contributed by atoms with Crippen molar-refractivity contribution in [3.63, 3.8) is 0 Å². The molecule has 0 amide bonds. The molecule has 0 aliphatic carbocycles. The van der Waals surface area contributed by atoms with E-state index in [0.29, 0.717) is 26.3 Å². The first-order valence-corrected chi connectivity index (χ1v) is 6.91. The molecule has 1 aromatic heterocycles. The number of anilines is 2. The summed E-state index contributed by atoms with van der Waals surface area (Å²) in [6.07, 6.45) is 0.760. The first kappa shape index (κ1) is 16.3. The molecule has 0 spiro atoms. The maximum Gasteiger partial charge on any atom is 0.330 e. The van der Waals surface area contributed by atoms with Gasteiger partial charge >= 0.3 is 5.69 Å². The molecule has 0 unspecified atom stereocenters. The molecular weight excluding hydrogens is 260 g/mol. The lowest BCUT2D eigenvalue weighted by Gasteiger charge is -2.15. The van der Waals surface area contributed by atoms with E-state index in [9.17, 15) is 9.59 Å². The van der Waals surface area contributed by atoms with Crippen LogP contribution in [-0.2, 0) is 11.3 Å². The van der Waals surface area contributed by atoms with E-state index in [0.717, 1.165) is 6.42 Å². The van der Waals surface area contributed by atoms with Crippen molar-refractivity contribution in [3.8, 4) is 0 Å². The van der Waals surface area contributed by atoms with E-state index in [1.807, 2.05) is 20.8 Å². The summed E-state index contributed by atoms with van der Waals surface area (Å²) in [7, 11) is 0. The van der Waals surface area contributed by atoms with Crippen molar-refractivity contribution >= 4 is 11.5 Å².